The lowest BCUT2D eigenvalue weighted by Gasteiger charge is -2.08. The average molecular weight is 248 g/mol. The molecular formula is C15H14F2O. The Hall–Kier alpha value is -1.90. The summed E-state index contributed by atoms with van der Waals surface area (Å²) in [5, 5.41) is 0. The zero-order chi connectivity index (χ0) is 13.1. The summed E-state index contributed by atoms with van der Waals surface area (Å²) in [5.74, 6) is -0.866. The molecule has 0 radical (unpaired) electrons. The largest absolute Gasteiger partial charge is 0.497 e. The average Bonchev–Trinajstić information content (AvgIpc) is 2.42. The lowest BCUT2D eigenvalue weighted by Crippen LogP contribution is -1.95. The van der Waals surface area contributed by atoms with Gasteiger partial charge in [-0.1, -0.05) is 31.2 Å². The fourth-order valence-corrected chi connectivity index (χ4v) is 1.86. The summed E-state index contributed by atoms with van der Waals surface area (Å²) in [6.45, 7) is 1.80. The molecule has 2 aromatic carbocycles. The molecule has 0 atom stereocenters. The monoisotopic (exact) mass is 248 g/mol. The fourth-order valence-electron chi connectivity index (χ4n) is 1.86. The molecule has 0 saturated heterocycles. The van der Waals surface area contributed by atoms with E-state index in [1.807, 2.05) is 0 Å². The number of aryl methyl sites for hydroxylation is 1. The maximum atomic E-state index is 13.9. The third kappa shape index (κ3) is 2.21. The van der Waals surface area contributed by atoms with Gasteiger partial charge in [0.1, 0.15) is 5.75 Å². The first-order valence-corrected chi connectivity index (χ1v) is 5.78. The number of hydrogen-bond acceptors (Lipinski definition) is 1. The van der Waals surface area contributed by atoms with E-state index in [0.29, 0.717) is 23.3 Å². The van der Waals surface area contributed by atoms with Crippen LogP contribution in [0.4, 0.5) is 8.78 Å². The minimum absolute atomic E-state index is 0.271. The second kappa shape index (κ2) is 5.17. The van der Waals surface area contributed by atoms with Crippen molar-refractivity contribution in [2.45, 2.75) is 13.3 Å². The molecule has 0 bridgehead atoms. The Morgan fingerprint density at radius 1 is 0.944 bits per heavy atom. The summed E-state index contributed by atoms with van der Waals surface area (Å²) >= 11 is 0. The summed E-state index contributed by atoms with van der Waals surface area (Å²) in [7, 11) is 1.56. The van der Waals surface area contributed by atoms with E-state index in [1.54, 1.807) is 50.4 Å². The van der Waals surface area contributed by atoms with Gasteiger partial charge in [0.15, 0.2) is 11.6 Å². The van der Waals surface area contributed by atoms with Crippen LogP contribution in [0, 0.1) is 11.6 Å². The van der Waals surface area contributed by atoms with Crippen molar-refractivity contribution in [2.75, 3.05) is 7.11 Å². The van der Waals surface area contributed by atoms with Crippen LogP contribution in [0.25, 0.3) is 11.1 Å². The Morgan fingerprint density at radius 2 is 1.61 bits per heavy atom. The number of methoxy groups -OCH3 is 1. The molecule has 94 valence electrons. The number of halogens is 2. The molecule has 0 N–H and O–H groups in total. The van der Waals surface area contributed by atoms with E-state index in [9.17, 15) is 8.78 Å². The molecule has 0 saturated carbocycles. The van der Waals surface area contributed by atoms with E-state index in [4.69, 9.17) is 4.74 Å². The van der Waals surface area contributed by atoms with Crippen molar-refractivity contribution in [3.63, 3.8) is 0 Å². The molecule has 0 heterocycles. The van der Waals surface area contributed by atoms with Crippen molar-refractivity contribution in [2.24, 2.45) is 0 Å². The molecule has 18 heavy (non-hydrogen) atoms. The summed E-state index contributed by atoms with van der Waals surface area (Å²) < 4.78 is 32.6. The lowest BCUT2D eigenvalue weighted by molar-refractivity contribution is 0.415. The molecule has 0 unspecified atom stereocenters. The highest BCUT2D eigenvalue weighted by atomic mass is 19.2. The Bertz CT molecular complexity index is 547. The zero-order valence-corrected chi connectivity index (χ0v) is 10.3. The summed E-state index contributed by atoms with van der Waals surface area (Å²) in [5.41, 5.74) is 1.30. The predicted octanol–water partition coefficient (Wildman–Crippen LogP) is 4.20. The van der Waals surface area contributed by atoms with Crippen molar-refractivity contribution < 1.29 is 13.5 Å². The van der Waals surface area contributed by atoms with Crippen molar-refractivity contribution in [3.05, 3.63) is 53.6 Å². The van der Waals surface area contributed by atoms with Crippen LogP contribution in [0.2, 0.25) is 0 Å². The molecule has 0 fully saturated rings. The Labute approximate surface area is 105 Å². The number of ether oxygens (including phenoxy) is 1. The fraction of sp³-hybridized carbons (Fsp3) is 0.200. The quantitative estimate of drug-likeness (QED) is 0.790. The first kappa shape index (κ1) is 12.6. The zero-order valence-electron chi connectivity index (χ0n) is 10.3. The first-order chi connectivity index (χ1) is 8.67. The van der Waals surface area contributed by atoms with Gasteiger partial charge in [-0.05, 0) is 29.7 Å². The van der Waals surface area contributed by atoms with E-state index in [0.717, 1.165) is 0 Å². The topological polar surface area (TPSA) is 9.23 Å². The van der Waals surface area contributed by atoms with Crippen molar-refractivity contribution in [1.29, 1.82) is 0 Å². The molecule has 0 aromatic heterocycles. The van der Waals surface area contributed by atoms with Crippen molar-refractivity contribution >= 4 is 0 Å². The summed E-state index contributed by atoms with van der Waals surface area (Å²) in [6, 6.07) is 10.1. The highest BCUT2D eigenvalue weighted by molar-refractivity contribution is 5.65. The Balaban J connectivity index is 2.47. The minimum atomic E-state index is -0.792. The molecule has 0 amide bonds. The van der Waals surface area contributed by atoms with E-state index >= 15 is 0 Å². The molecule has 2 rings (SSSR count). The molecule has 2 aromatic rings. The molecule has 0 spiro atoms. The molecule has 0 aliphatic carbocycles. The number of benzene rings is 2. The van der Waals surface area contributed by atoms with E-state index in [-0.39, 0.29) is 5.56 Å². The van der Waals surface area contributed by atoms with Crippen LogP contribution < -0.4 is 4.74 Å². The third-order valence-corrected chi connectivity index (χ3v) is 2.94. The van der Waals surface area contributed by atoms with Crippen LogP contribution in [0.5, 0.6) is 5.75 Å². The van der Waals surface area contributed by atoms with Crippen molar-refractivity contribution in [1.82, 2.24) is 0 Å². The summed E-state index contributed by atoms with van der Waals surface area (Å²) in [4.78, 5) is 0. The highest BCUT2D eigenvalue weighted by Gasteiger charge is 2.13. The van der Waals surface area contributed by atoms with E-state index in [2.05, 4.69) is 0 Å². The van der Waals surface area contributed by atoms with Gasteiger partial charge >= 0.3 is 0 Å². The van der Waals surface area contributed by atoms with Crippen LogP contribution in [0.1, 0.15) is 12.5 Å². The van der Waals surface area contributed by atoms with Gasteiger partial charge in [-0.3, -0.25) is 0 Å². The Morgan fingerprint density at radius 3 is 2.17 bits per heavy atom. The van der Waals surface area contributed by atoms with Gasteiger partial charge < -0.3 is 4.74 Å². The van der Waals surface area contributed by atoms with Gasteiger partial charge in [-0.25, -0.2) is 8.78 Å². The molecular weight excluding hydrogens is 234 g/mol. The molecule has 3 heteroatoms. The second-order valence-electron chi connectivity index (χ2n) is 3.98. The second-order valence-corrected chi connectivity index (χ2v) is 3.98. The first-order valence-electron chi connectivity index (χ1n) is 5.78. The van der Waals surface area contributed by atoms with Gasteiger partial charge in [0.05, 0.1) is 7.11 Å². The van der Waals surface area contributed by atoms with Gasteiger partial charge in [0.2, 0.25) is 0 Å². The van der Waals surface area contributed by atoms with Crippen LogP contribution in [-0.4, -0.2) is 7.11 Å². The molecule has 0 aliphatic rings. The Kier molecular flexibility index (Phi) is 3.60. The van der Waals surface area contributed by atoms with E-state index in [1.165, 1.54) is 0 Å². The SMILES string of the molecule is CCc1ccc(-c2ccc(OC)cc2)c(F)c1F. The number of rotatable bonds is 3. The maximum absolute atomic E-state index is 13.9. The van der Waals surface area contributed by atoms with Gasteiger partial charge in [-0.15, -0.1) is 0 Å². The summed E-state index contributed by atoms with van der Waals surface area (Å²) in [6.07, 6.45) is 0.478. The normalized spacial score (nSPS) is 10.4. The maximum Gasteiger partial charge on any atom is 0.166 e. The van der Waals surface area contributed by atoms with Gasteiger partial charge in [0.25, 0.3) is 0 Å². The van der Waals surface area contributed by atoms with Crippen LogP contribution in [0.15, 0.2) is 36.4 Å². The van der Waals surface area contributed by atoms with Crippen LogP contribution in [0.3, 0.4) is 0 Å². The van der Waals surface area contributed by atoms with E-state index < -0.39 is 11.6 Å². The predicted molar refractivity (Wildman–Crippen MR) is 67.7 cm³/mol. The standard InChI is InChI=1S/C15H14F2O/c1-3-10-6-9-13(15(17)14(10)16)11-4-7-12(18-2)8-5-11/h4-9H,3H2,1-2H3. The van der Waals surface area contributed by atoms with Gasteiger partial charge in [-0.2, -0.15) is 0 Å². The van der Waals surface area contributed by atoms with Crippen LogP contribution in [-0.2, 0) is 6.42 Å². The molecule has 0 aliphatic heterocycles. The third-order valence-electron chi connectivity index (χ3n) is 2.94. The lowest BCUT2D eigenvalue weighted by atomic mass is 10.0. The molecule has 1 nitrogen and oxygen atoms in total. The highest BCUT2D eigenvalue weighted by Crippen LogP contribution is 2.27. The smallest absolute Gasteiger partial charge is 0.166 e. The minimum Gasteiger partial charge on any atom is -0.497 e. The van der Waals surface area contributed by atoms with Crippen molar-refractivity contribution in [3.8, 4) is 16.9 Å². The van der Waals surface area contributed by atoms with Crippen LogP contribution >= 0.6 is 0 Å². The van der Waals surface area contributed by atoms with Gasteiger partial charge in [0, 0.05) is 5.56 Å². The number of hydrogen-bond donors (Lipinski definition) is 0.